The third kappa shape index (κ3) is 2.35. The number of hydrogen-bond donors (Lipinski definition) is 2. The molecule has 0 bridgehead atoms. The van der Waals surface area contributed by atoms with Crippen LogP contribution in [0.5, 0.6) is 0 Å². The van der Waals surface area contributed by atoms with E-state index in [9.17, 15) is 9.18 Å². The fourth-order valence-corrected chi connectivity index (χ4v) is 2.04. The molecule has 0 saturated heterocycles. The van der Waals surface area contributed by atoms with Crippen molar-refractivity contribution in [3.05, 3.63) is 59.0 Å². The molecule has 1 aromatic heterocycles. The molecule has 3 aromatic rings. The third-order valence-corrected chi connectivity index (χ3v) is 3.17. The minimum atomic E-state index is -0.554. The number of rotatable bonds is 2. The number of benzene rings is 2. The van der Waals surface area contributed by atoms with Crippen LogP contribution in [0.15, 0.2) is 42.6 Å². The van der Waals surface area contributed by atoms with E-state index in [0.29, 0.717) is 11.3 Å². The summed E-state index contributed by atoms with van der Waals surface area (Å²) in [5.74, 6) is -0.909. The standard InChI is InChI=1S/C14H9ClFN3O/c15-11-5-8(2-4-12(11)16)14(20)18-10-3-1-9-7-17-19-13(9)6-10/h1-7H,(H,17,19)(H,18,20). The zero-order valence-corrected chi connectivity index (χ0v) is 10.9. The highest BCUT2D eigenvalue weighted by Gasteiger charge is 2.09. The Kier molecular flexibility index (Phi) is 3.12. The molecule has 4 nitrogen and oxygen atoms in total. The summed E-state index contributed by atoms with van der Waals surface area (Å²) in [6, 6.07) is 9.21. The van der Waals surface area contributed by atoms with Crippen molar-refractivity contribution in [3.8, 4) is 0 Å². The summed E-state index contributed by atoms with van der Waals surface area (Å²) in [4.78, 5) is 12.0. The Balaban J connectivity index is 1.85. The van der Waals surface area contributed by atoms with E-state index in [4.69, 9.17) is 11.6 Å². The van der Waals surface area contributed by atoms with E-state index < -0.39 is 5.82 Å². The first kappa shape index (κ1) is 12.6. The minimum Gasteiger partial charge on any atom is -0.322 e. The first-order valence-corrected chi connectivity index (χ1v) is 6.21. The smallest absolute Gasteiger partial charge is 0.255 e. The lowest BCUT2D eigenvalue weighted by Crippen LogP contribution is -2.11. The van der Waals surface area contributed by atoms with Crippen molar-refractivity contribution in [2.75, 3.05) is 5.32 Å². The van der Waals surface area contributed by atoms with E-state index >= 15 is 0 Å². The summed E-state index contributed by atoms with van der Waals surface area (Å²) in [5, 5.41) is 10.3. The van der Waals surface area contributed by atoms with Crippen LogP contribution in [0.1, 0.15) is 10.4 Å². The topological polar surface area (TPSA) is 57.8 Å². The molecule has 0 spiro atoms. The number of anilines is 1. The highest BCUT2D eigenvalue weighted by Crippen LogP contribution is 2.19. The minimum absolute atomic E-state index is 0.0818. The van der Waals surface area contributed by atoms with E-state index in [1.807, 2.05) is 6.07 Å². The summed E-state index contributed by atoms with van der Waals surface area (Å²) in [7, 11) is 0. The van der Waals surface area contributed by atoms with Crippen LogP contribution in [0.3, 0.4) is 0 Å². The van der Waals surface area contributed by atoms with Crippen LogP contribution in [-0.2, 0) is 0 Å². The van der Waals surface area contributed by atoms with Gasteiger partial charge in [0.05, 0.1) is 16.7 Å². The first-order valence-electron chi connectivity index (χ1n) is 5.83. The molecule has 0 fully saturated rings. The maximum Gasteiger partial charge on any atom is 0.255 e. The van der Waals surface area contributed by atoms with Crippen molar-refractivity contribution < 1.29 is 9.18 Å². The molecule has 1 amide bonds. The summed E-state index contributed by atoms with van der Waals surface area (Å²) in [6.07, 6.45) is 1.70. The van der Waals surface area contributed by atoms with E-state index in [1.54, 1.807) is 18.3 Å². The number of carbonyl (C=O) groups excluding carboxylic acids is 1. The molecule has 3 rings (SSSR count). The number of nitrogens with zero attached hydrogens (tertiary/aromatic N) is 1. The molecule has 6 heteroatoms. The van der Waals surface area contributed by atoms with Crippen LogP contribution >= 0.6 is 11.6 Å². The molecule has 0 radical (unpaired) electrons. The molecule has 0 aliphatic rings. The molecule has 0 atom stereocenters. The Morgan fingerprint density at radius 3 is 2.90 bits per heavy atom. The molecular weight excluding hydrogens is 281 g/mol. The van der Waals surface area contributed by atoms with Gasteiger partial charge in [0.25, 0.3) is 5.91 Å². The summed E-state index contributed by atoms with van der Waals surface area (Å²) >= 11 is 5.66. The van der Waals surface area contributed by atoms with Crippen LogP contribution in [0.4, 0.5) is 10.1 Å². The molecule has 0 unspecified atom stereocenters. The second-order valence-electron chi connectivity index (χ2n) is 4.26. The van der Waals surface area contributed by atoms with Gasteiger partial charge in [0.15, 0.2) is 0 Å². The number of aromatic amines is 1. The first-order chi connectivity index (χ1) is 9.63. The van der Waals surface area contributed by atoms with E-state index in [1.165, 1.54) is 12.1 Å². The van der Waals surface area contributed by atoms with Gasteiger partial charge in [0, 0.05) is 16.6 Å². The second-order valence-corrected chi connectivity index (χ2v) is 4.66. The molecule has 20 heavy (non-hydrogen) atoms. The van der Waals surface area contributed by atoms with Gasteiger partial charge in [-0.1, -0.05) is 11.6 Å². The quantitative estimate of drug-likeness (QED) is 0.757. The van der Waals surface area contributed by atoms with Gasteiger partial charge in [-0.3, -0.25) is 9.89 Å². The number of amides is 1. The van der Waals surface area contributed by atoms with Crippen LogP contribution in [-0.4, -0.2) is 16.1 Å². The maximum atomic E-state index is 13.1. The second kappa shape index (κ2) is 4.94. The van der Waals surface area contributed by atoms with Crippen LogP contribution < -0.4 is 5.32 Å². The number of carbonyl (C=O) groups is 1. The fraction of sp³-hybridized carbons (Fsp3) is 0. The molecule has 2 N–H and O–H groups in total. The Hall–Kier alpha value is -2.40. The van der Waals surface area contributed by atoms with Gasteiger partial charge < -0.3 is 5.32 Å². The highest BCUT2D eigenvalue weighted by atomic mass is 35.5. The highest BCUT2D eigenvalue weighted by molar-refractivity contribution is 6.31. The molecule has 1 heterocycles. The average Bonchev–Trinajstić information content (AvgIpc) is 2.89. The molecule has 100 valence electrons. The number of H-pyrrole nitrogens is 1. The Labute approximate surface area is 118 Å². The van der Waals surface area contributed by atoms with Gasteiger partial charge in [-0.2, -0.15) is 5.10 Å². The Morgan fingerprint density at radius 2 is 2.10 bits per heavy atom. The predicted octanol–water partition coefficient (Wildman–Crippen LogP) is 3.61. The summed E-state index contributed by atoms with van der Waals surface area (Å²) in [6.45, 7) is 0. The van der Waals surface area contributed by atoms with Gasteiger partial charge in [-0.25, -0.2) is 4.39 Å². The zero-order chi connectivity index (χ0) is 14.1. The maximum absolute atomic E-state index is 13.1. The normalized spacial score (nSPS) is 10.7. The molecular formula is C14H9ClFN3O. The lowest BCUT2D eigenvalue weighted by Gasteiger charge is -2.06. The van der Waals surface area contributed by atoms with Crippen molar-refractivity contribution >= 4 is 34.1 Å². The number of halogens is 2. The lowest BCUT2D eigenvalue weighted by atomic mass is 10.2. The monoisotopic (exact) mass is 289 g/mol. The molecule has 0 aliphatic carbocycles. The number of fused-ring (bicyclic) bond motifs is 1. The van der Waals surface area contributed by atoms with Crippen molar-refractivity contribution in [2.45, 2.75) is 0 Å². The predicted molar refractivity (Wildman–Crippen MR) is 75.5 cm³/mol. The fourth-order valence-electron chi connectivity index (χ4n) is 1.86. The third-order valence-electron chi connectivity index (χ3n) is 2.88. The van der Waals surface area contributed by atoms with Gasteiger partial charge in [-0.05, 0) is 36.4 Å². The van der Waals surface area contributed by atoms with Gasteiger partial charge in [0.2, 0.25) is 0 Å². The van der Waals surface area contributed by atoms with Crippen LogP contribution in [0.25, 0.3) is 10.9 Å². The van der Waals surface area contributed by atoms with Crippen molar-refractivity contribution in [2.24, 2.45) is 0 Å². The molecule has 0 saturated carbocycles. The number of hydrogen-bond acceptors (Lipinski definition) is 2. The van der Waals surface area contributed by atoms with Crippen molar-refractivity contribution in [1.29, 1.82) is 0 Å². The van der Waals surface area contributed by atoms with Gasteiger partial charge >= 0.3 is 0 Å². The zero-order valence-electron chi connectivity index (χ0n) is 10.2. The van der Waals surface area contributed by atoms with Crippen molar-refractivity contribution in [3.63, 3.8) is 0 Å². The van der Waals surface area contributed by atoms with E-state index in [0.717, 1.165) is 17.0 Å². The SMILES string of the molecule is O=C(Nc1ccc2cn[nH]c2c1)c1ccc(F)c(Cl)c1. The van der Waals surface area contributed by atoms with Gasteiger partial charge in [0.1, 0.15) is 5.82 Å². The Morgan fingerprint density at radius 1 is 1.25 bits per heavy atom. The largest absolute Gasteiger partial charge is 0.322 e. The Bertz CT molecular complexity index is 800. The van der Waals surface area contributed by atoms with Crippen LogP contribution in [0, 0.1) is 5.82 Å². The molecule has 2 aromatic carbocycles. The average molecular weight is 290 g/mol. The summed E-state index contributed by atoms with van der Waals surface area (Å²) < 4.78 is 13.1. The van der Waals surface area contributed by atoms with Crippen molar-refractivity contribution in [1.82, 2.24) is 10.2 Å². The van der Waals surface area contributed by atoms with Crippen LogP contribution in [0.2, 0.25) is 5.02 Å². The number of aromatic nitrogens is 2. The lowest BCUT2D eigenvalue weighted by molar-refractivity contribution is 0.102. The number of nitrogens with one attached hydrogen (secondary N) is 2. The molecule has 0 aliphatic heterocycles. The summed E-state index contributed by atoms with van der Waals surface area (Å²) in [5.41, 5.74) is 1.73. The van der Waals surface area contributed by atoms with E-state index in [-0.39, 0.29) is 10.9 Å². The van der Waals surface area contributed by atoms with E-state index in [2.05, 4.69) is 15.5 Å². The van der Waals surface area contributed by atoms with Gasteiger partial charge in [-0.15, -0.1) is 0 Å².